The molecule has 2 N–H and O–H groups in total. The van der Waals surface area contributed by atoms with Gasteiger partial charge in [0.25, 0.3) is 0 Å². The molecular weight excluding hydrogens is 470 g/mol. The van der Waals surface area contributed by atoms with Crippen molar-refractivity contribution >= 4 is 37.5 Å². The van der Waals surface area contributed by atoms with Crippen LogP contribution in [0.15, 0.2) is 81.7 Å². The van der Waals surface area contributed by atoms with Gasteiger partial charge in [-0.15, -0.1) is 0 Å². The number of rotatable bonds is 7. The first kappa shape index (κ1) is 19.9. The van der Waals surface area contributed by atoms with Gasteiger partial charge < -0.3 is 15.2 Å². The largest absolute Gasteiger partial charge is 0.497 e. The van der Waals surface area contributed by atoms with E-state index >= 15 is 0 Å². The first-order valence-electron chi connectivity index (χ1n) is 8.65. The third kappa shape index (κ3) is 5.58. The lowest BCUT2D eigenvalue weighted by molar-refractivity contribution is 0.160. The van der Waals surface area contributed by atoms with Crippen molar-refractivity contribution in [2.75, 3.05) is 12.4 Å². The van der Waals surface area contributed by atoms with E-state index in [1.54, 1.807) is 7.11 Å². The number of anilines is 1. The summed E-state index contributed by atoms with van der Waals surface area (Å²) in [6.07, 6.45) is -0.0446. The van der Waals surface area contributed by atoms with E-state index in [0.717, 1.165) is 31.5 Å². The fourth-order valence-electron chi connectivity index (χ4n) is 2.91. The number of halogens is 2. The van der Waals surface area contributed by atoms with Crippen LogP contribution in [0.25, 0.3) is 0 Å². The van der Waals surface area contributed by atoms with E-state index < -0.39 is 6.10 Å². The summed E-state index contributed by atoms with van der Waals surface area (Å²) in [6.45, 7) is 0. The smallest absolute Gasteiger partial charge is 0.118 e. The second-order valence-electron chi connectivity index (χ2n) is 6.28. The molecule has 140 valence electrons. The second kappa shape index (κ2) is 9.40. The quantitative estimate of drug-likeness (QED) is 0.397. The molecular formula is C22H21Br2NO2. The molecule has 0 bridgehead atoms. The molecule has 0 aromatic heterocycles. The molecule has 0 aliphatic heterocycles. The minimum Gasteiger partial charge on any atom is -0.497 e. The molecule has 0 heterocycles. The van der Waals surface area contributed by atoms with Gasteiger partial charge in [-0.1, -0.05) is 56.1 Å². The molecule has 0 saturated heterocycles. The normalized spacial score (nSPS) is 13.0. The number of methoxy groups -OCH3 is 1. The summed E-state index contributed by atoms with van der Waals surface area (Å²) in [5.74, 6) is 0.781. The van der Waals surface area contributed by atoms with Crippen LogP contribution in [0.3, 0.4) is 0 Å². The fraction of sp³-hybridized carbons (Fsp3) is 0.182. The van der Waals surface area contributed by atoms with Crippen molar-refractivity contribution in [3.05, 3.63) is 92.9 Å². The van der Waals surface area contributed by atoms with E-state index in [4.69, 9.17) is 4.74 Å². The number of ether oxygens (including phenoxy) is 1. The van der Waals surface area contributed by atoms with E-state index in [-0.39, 0.29) is 6.04 Å². The number of benzene rings is 3. The molecule has 5 heteroatoms. The number of aliphatic hydroxyl groups is 1. The third-order valence-electron chi connectivity index (χ3n) is 4.42. The minimum atomic E-state index is -0.590. The molecule has 3 aromatic carbocycles. The highest BCUT2D eigenvalue weighted by Crippen LogP contribution is 2.31. The van der Waals surface area contributed by atoms with E-state index in [9.17, 15) is 5.11 Å². The van der Waals surface area contributed by atoms with Gasteiger partial charge in [0.1, 0.15) is 5.75 Å². The molecule has 27 heavy (non-hydrogen) atoms. The van der Waals surface area contributed by atoms with Crippen LogP contribution in [0.2, 0.25) is 0 Å². The van der Waals surface area contributed by atoms with Gasteiger partial charge in [0.05, 0.1) is 19.3 Å². The average Bonchev–Trinajstić information content (AvgIpc) is 2.70. The number of hydrogen-bond donors (Lipinski definition) is 2. The van der Waals surface area contributed by atoms with Crippen LogP contribution in [-0.4, -0.2) is 12.2 Å². The van der Waals surface area contributed by atoms with Crippen molar-refractivity contribution in [1.29, 1.82) is 0 Å². The van der Waals surface area contributed by atoms with Crippen molar-refractivity contribution in [2.24, 2.45) is 0 Å². The van der Waals surface area contributed by atoms with Crippen LogP contribution in [0.5, 0.6) is 5.75 Å². The van der Waals surface area contributed by atoms with Crippen molar-refractivity contribution in [3.8, 4) is 5.75 Å². The van der Waals surface area contributed by atoms with Gasteiger partial charge in [0.15, 0.2) is 0 Å². The molecule has 0 aliphatic rings. The fourth-order valence-corrected chi connectivity index (χ4v) is 3.43. The summed E-state index contributed by atoms with van der Waals surface area (Å²) in [4.78, 5) is 0. The van der Waals surface area contributed by atoms with Gasteiger partial charge in [-0.2, -0.15) is 0 Å². The van der Waals surface area contributed by atoms with Crippen LogP contribution in [-0.2, 0) is 0 Å². The molecule has 0 aliphatic carbocycles. The lowest BCUT2D eigenvalue weighted by Crippen LogP contribution is -2.15. The monoisotopic (exact) mass is 489 g/mol. The summed E-state index contributed by atoms with van der Waals surface area (Å²) in [5, 5.41) is 14.3. The van der Waals surface area contributed by atoms with Gasteiger partial charge in [-0.05, 0) is 59.7 Å². The van der Waals surface area contributed by atoms with Crippen LogP contribution in [0.4, 0.5) is 5.69 Å². The van der Waals surface area contributed by atoms with E-state index in [0.29, 0.717) is 6.42 Å². The topological polar surface area (TPSA) is 41.5 Å². The van der Waals surface area contributed by atoms with Crippen molar-refractivity contribution in [2.45, 2.75) is 18.6 Å². The lowest BCUT2D eigenvalue weighted by atomic mass is 9.96. The number of aliphatic hydroxyl groups excluding tert-OH is 1. The molecule has 0 spiro atoms. The molecule has 2 atom stereocenters. The standard InChI is InChI=1S/C22H21Br2NO2/c1-27-20-12-4-16(5-13-20)22(26)14-21(15-2-6-17(23)7-3-15)25-19-10-8-18(24)9-11-19/h2-13,21-22,25-26H,14H2,1H3. The number of nitrogens with one attached hydrogen (secondary N) is 1. The van der Waals surface area contributed by atoms with E-state index in [1.807, 2.05) is 60.7 Å². The summed E-state index contributed by atoms with van der Waals surface area (Å²) in [6, 6.07) is 23.7. The van der Waals surface area contributed by atoms with Crippen molar-refractivity contribution in [3.63, 3.8) is 0 Å². The lowest BCUT2D eigenvalue weighted by Gasteiger charge is -2.24. The summed E-state index contributed by atoms with van der Waals surface area (Å²) < 4.78 is 7.26. The molecule has 2 unspecified atom stereocenters. The van der Waals surface area contributed by atoms with Gasteiger partial charge in [-0.3, -0.25) is 0 Å². The summed E-state index contributed by atoms with van der Waals surface area (Å²) in [5.41, 5.74) is 3.00. The Morgan fingerprint density at radius 2 is 1.33 bits per heavy atom. The molecule has 3 rings (SSSR count). The van der Waals surface area contributed by atoms with Crippen LogP contribution in [0, 0.1) is 0 Å². The Morgan fingerprint density at radius 3 is 1.89 bits per heavy atom. The van der Waals surface area contributed by atoms with Crippen LogP contribution < -0.4 is 10.1 Å². The number of hydrogen-bond acceptors (Lipinski definition) is 3. The summed E-state index contributed by atoms with van der Waals surface area (Å²) >= 11 is 6.95. The highest BCUT2D eigenvalue weighted by Gasteiger charge is 2.18. The SMILES string of the molecule is COc1ccc(C(O)CC(Nc2ccc(Br)cc2)c2ccc(Br)cc2)cc1. The van der Waals surface area contributed by atoms with Crippen molar-refractivity contribution in [1.82, 2.24) is 0 Å². The Kier molecular flexibility index (Phi) is 6.94. The zero-order valence-electron chi connectivity index (χ0n) is 14.9. The molecule has 0 saturated carbocycles. The molecule has 0 amide bonds. The third-order valence-corrected chi connectivity index (χ3v) is 5.47. The minimum absolute atomic E-state index is 0.0311. The zero-order valence-corrected chi connectivity index (χ0v) is 18.1. The maximum absolute atomic E-state index is 10.8. The maximum Gasteiger partial charge on any atom is 0.118 e. The Bertz CT molecular complexity index is 849. The molecule has 3 nitrogen and oxygen atoms in total. The van der Waals surface area contributed by atoms with E-state index in [1.165, 1.54) is 0 Å². The zero-order chi connectivity index (χ0) is 19.2. The molecule has 0 fully saturated rings. The van der Waals surface area contributed by atoms with Gasteiger partial charge in [0.2, 0.25) is 0 Å². The second-order valence-corrected chi connectivity index (χ2v) is 8.11. The van der Waals surface area contributed by atoms with Crippen LogP contribution in [0.1, 0.15) is 29.7 Å². The molecule has 0 radical (unpaired) electrons. The highest BCUT2D eigenvalue weighted by atomic mass is 79.9. The summed E-state index contributed by atoms with van der Waals surface area (Å²) in [7, 11) is 1.64. The predicted octanol–water partition coefficient (Wildman–Crippen LogP) is 6.50. The first-order chi connectivity index (χ1) is 13.0. The average molecular weight is 491 g/mol. The Morgan fingerprint density at radius 1 is 0.815 bits per heavy atom. The van der Waals surface area contributed by atoms with Crippen LogP contribution >= 0.6 is 31.9 Å². The maximum atomic E-state index is 10.8. The Balaban J connectivity index is 1.81. The Hall–Kier alpha value is -1.82. The van der Waals surface area contributed by atoms with Gasteiger partial charge >= 0.3 is 0 Å². The van der Waals surface area contributed by atoms with E-state index in [2.05, 4.69) is 49.3 Å². The van der Waals surface area contributed by atoms with Gasteiger partial charge in [-0.25, -0.2) is 0 Å². The predicted molar refractivity (Wildman–Crippen MR) is 117 cm³/mol. The highest BCUT2D eigenvalue weighted by molar-refractivity contribution is 9.10. The van der Waals surface area contributed by atoms with Gasteiger partial charge in [0, 0.05) is 21.1 Å². The first-order valence-corrected chi connectivity index (χ1v) is 10.2. The van der Waals surface area contributed by atoms with Crippen molar-refractivity contribution < 1.29 is 9.84 Å². The molecule has 3 aromatic rings. The Labute approximate surface area is 176 Å².